The molecule has 3 unspecified atom stereocenters. The second kappa shape index (κ2) is 31.9. The van der Waals surface area contributed by atoms with Gasteiger partial charge in [0.25, 0.3) is 17.7 Å². The van der Waals surface area contributed by atoms with Crippen molar-refractivity contribution in [2.75, 3.05) is 44.8 Å². The summed E-state index contributed by atoms with van der Waals surface area (Å²) in [5.41, 5.74) is -0.224. The number of esters is 7. The molecule has 0 saturated heterocycles. The summed E-state index contributed by atoms with van der Waals surface area (Å²) in [5, 5.41) is 6.68. The average molecular weight is 985 g/mol. The van der Waals surface area contributed by atoms with Gasteiger partial charge in [-0.15, -0.1) is 6.58 Å². The summed E-state index contributed by atoms with van der Waals surface area (Å²) in [6.45, 7) is 6.97. The molecule has 0 radical (unpaired) electrons. The van der Waals surface area contributed by atoms with Crippen molar-refractivity contribution in [1.82, 2.24) is 16.0 Å². The van der Waals surface area contributed by atoms with Crippen LogP contribution < -0.4 is 16.0 Å². The molecule has 0 aliphatic rings. The van der Waals surface area contributed by atoms with E-state index in [0.717, 1.165) is 38.5 Å². The Kier molecular flexibility index (Phi) is 28.1. The third-order valence-electron chi connectivity index (χ3n) is 8.45. The van der Waals surface area contributed by atoms with Gasteiger partial charge in [0.05, 0.1) is 0 Å². The fourth-order valence-electron chi connectivity index (χ4n) is 5.38. The molecule has 1 rings (SSSR count). The second-order valence-electron chi connectivity index (χ2n) is 15.6. The highest BCUT2D eigenvalue weighted by molar-refractivity contribution is 9.09. The van der Waals surface area contributed by atoms with Gasteiger partial charge in [-0.3, -0.25) is 33.6 Å². The number of allylic oxidation sites excluding steroid dienone is 1. The van der Waals surface area contributed by atoms with E-state index in [1.54, 1.807) is 51.1 Å². The van der Waals surface area contributed by atoms with Gasteiger partial charge in [-0.1, -0.05) is 91.9 Å². The number of benzene rings is 1. The fourth-order valence-corrected chi connectivity index (χ4v) is 5.52. The van der Waals surface area contributed by atoms with Crippen LogP contribution in [0.1, 0.15) is 91.5 Å². The number of halogens is 1. The first-order valence-corrected chi connectivity index (χ1v) is 22.2. The van der Waals surface area contributed by atoms with Crippen molar-refractivity contribution in [3.63, 3.8) is 0 Å². The Morgan fingerprint density at radius 1 is 0.600 bits per heavy atom. The molecule has 1 aromatic rings. The lowest BCUT2D eigenvalue weighted by molar-refractivity contribution is -0.168. The summed E-state index contributed by atoms with van der Waals surface area (Å²) in [6.07, 6.45) is 4.35. The summed E-state index contributed by atoms with van der Waals surface area (Å²) in [4.78, 5) is 124. The highest BCUT2D eigenvalue weighted by atomic mass is 79.9. The summed E-state index contributed by atoms with van der Waals surface area (Å²) in [6, 6.07) is 8.40. The molecule has 0 heterocycles. The molecular weight excluding hydrogens is 922 g/mol. The van der Waals surface area contributed by atoms with Gasteiger partial charge in [-0.2, -0.15) is 0 Å². The SMILES string of the molecule is C=CCCCCCCCCC(OC(=O)CBr)C(=O)NCC(=O)OCC(=O)OC(C(=O)NCC(=O)OCC(=O)OC(Cc1ccccc1)C(=O)NCC(=O)OCC(=O)OC(C)(C)C)C(C)C. The molecule has 362 valence electrons. The van der Waals surface area contributed by atoms with Crippen LogP contribution in [0, 0.1) is 5.92 Å². The minimum atomic E-state index is -1.49. The predicted octanol–water partition coefficient (Wildman–Crippen LogP) is 2.64. The highest BCUT2D eigenvalue weighted by Gasteiger charge is 2.29. The van der Waals surface area contributed by atoms with Crippen LogP contribution in [0.5, 0.6) is 0 Å². The van der Waals surface area contributed by atoms with Gasteiger partial charge in [-0.05, 0) is 57.9 Å². The van der Waals surface area contributed by atoms with Crippen molar-refractivity contribution < 1.29 is 81.1 Å². The van der Waals surface area contributed by atoms with Crippen LogP contribution in [-0.4, -0.2) is 128 Å². The number of rotatable bonds is 31. The largest absolute Gasteiger partial charge is 0.457 e. The van der Waals surface area contributed by atoms with Crippen LogP contribution in [0.15, 0.2) is 43.0 Å². The first kappa shape index (κ1) is 57.2. The number of amides is 3. The third kappa shape index (κ3) is 27.8. The first-order valence-electron chi connectivity index (χ1n) is 21.1. The van der Waals surface area contributed by atoms with Gasteiger partial charge in [0, 0.05) is 6.42 Å². The zero-order valence-corrected chi connectivity index (χ0v) is 39.2. The summed E-state index contributed by atoms with van der Waals surface area (Å²) in [5.74, 6) is -9.98. The number of alkyl halides is 1. The molecule has 0 aromatic heterocycles. The maximum Gasteiger partial charge on any atom is 0.345 e. The Hall–Kier alpha value is -5.86. The van der Waals surface area contributed by atoms with E-state index in [1.807, 2.05) is 6.08 Å². The lowest BCUT2D eigenvalue weighted by atomic mass is 10.1. The number of unbranched alkanes of at least 4 members (excludes halogenated alkanes) is 6. The molecule has 0 saturated carbocycles. The summed E-state index contributed by atoms with van der Waals surface area (Å²) in [7, 11) is 0. The van der Waals surface area contributed by atoms with Gasteiger partial charge in [0.2, 0.25) is 0 Å². The van der Waals surface area contributed by atoms with E-state index in [4.69, 9.17) is 33.2 Å². The van der Waals surface area contributed by atoms with Crippen LogP contribution >= 0.6 is 15.9 Å². The van der Waals surface area contributed by atoms with Crippen molar-refractivity contribution in [2.24, 2.45) is 5.92 Å². The third-order valence-corrected chi connectivity index (χ3v) is 8.90. The molecule has 3 atom stereocenters. The molecule has 3 N–H and O–H groups in total. The zero-order chi connectivity index (χ0) is 48.8. The molecule has 65 heavy (non-hydrogen) atoms. The van der Waals surface area contributed by atoms with Gasteiger partial charge < -0.3 is 49.1 Å². The minimum absolute atomic E-state index is 0.130. The van der Waals surface area contributed by atoms with Crippen LogP contribution in [-0.2, 0) is 87.5 Å². The molecule has 20 nitrogen and oxygen atoms in total. The van der Waals surface area contributed by atoms with Crippen molar-refractivity contribution >= 4 is 75.4 Å². The number of hydrogen-bond acceptors (Lipinski definition) is 17. The fraction of sp³-hybridized carbons (Fsp3) is 0.591. The Labute approximate surface area is 387 Å². The summed E-state index contributed by atoms with van der Waals surface area (Å²) < 4.78 is 35.2. The number of carbonyl (C=O) groups is 10. The lowest BCUT2D eigenvalue weighted by Gasteiger charge is -2.20. The maximum atomic E-state index is 12.9. The number of ether oxygens (including phenoxy) is 7. The molecule has 21 heteroatoms. The molecule has 0 aliphatic heterocycles. The Morgan fingerprint density at radius 3 is 1.57 bits per heavy atom. The number of nitrogens with one attached hydrogen (secondary N) is 3. The highest BCUT2D eigenvalue weighted by Crippen LogP contribution is 2.13. The molecule has 0 fully saturated rings. The first-order chi connectivity index (χ1) is 30.7. The molecule has 1 aromatic carbocycles. The topological polar surface area (TPSA) is 271 Å². The molecular formula is C44H62BrN3O17. The van der Waals surface area contributed by atoms with E-state index in [9.17, 15) is 47.9 Å². The Bertz CT molecular complexity index is 1750. The van der Waals surface area contributed by atoms with E-state index in [1.165, 1.54) is 13.8 Å². The predicted molar refractivity (Wildman–Crippen MR) is 233 cm³/mol. The standard InChI is InChI=1S/C44H62BrN3O17/c1-7-8-9-10-11-12-13-17-20-31(62-33(49)22-45)41(56)46-23-34(50)60-27-38(54)64-40(29(2)3)43(58)48-25-36(52)59-26-37(53)63-32(21-30-18-15-14-16-19-30)42(57)47-24-35(51)61-28-39(55)65-44(4,5)6/h7,14-16,18-19,29,31-32,40H,1,8-13,17,20-28H2,2-6H3,(H,46,56)(H,47,57)(H,48,58). The maximum absolute atomic E-state index is 12.9. The van der Waals surface area contributed by atoms with E-state index in [-0.39, 0.29) is 18.2 Å². The van der Waals surface area contributed by atoms with Gasteiger partial charge in [0.15, 0.2) is 38.1 Å². The Balaban J connectivity index is 2.60. The molecule has 3 amide bonds. The van der Waals surface area contributed by atoms with Crippen molar-refractivity contribution in [1.29, 1.82) is 0 Å². The minimum Gasteiger partial charge on any atom is -0.457 e. The smallest absolute Gasteiger partial charge is 0.345 e. The second-order valence-corrected chi connectivity index (χ2v) is 16.2. The van der Waals surface area contributed by atoms with Gasteiger partial charge in [-0.25, -0.2) is 14.4 Å². The van der Waals surface area contributed by atoms with Gasteiger partial charge in [0.1, 0.15) is 30.6 Å². The monoisotopic (exact) mass is 983 g/mol. The average Bonchev–Trinajstić information content (AvgIpc) is 3.25. The van der Waals surface area contributed by atoms with E-state index in [0.29, 0.717) is 12.0 Å². The summed E-state index contributed by atoms with van der Waals surface area (Å²) >= 11 is 2.99. The van der Waals surface area contributed by atoms with Crippen molar-refractivity contribution in [3.05, 3.63) is 48.6 Å². The van der Waals surface area contributed by atoms with Crippen molar-refractivity contribution in [2.45, 2.75) is 116 Å². The zero-order valence-electron chi connectivity index (χ0n) is 37.6. The van der Waals surface area contributed by atoms with E-state index < -0.39 is 129 Å². The lowest BCUT2D eigenvalue weighted by Crippen LogP contribution is -2.44. The quantitative estimate of drug-likeness (QED) is 0.0317. The molecule has 0 bridgehead atoms. The van der Waals surface area contributed by atoms with Crippen LogP contribution in [0.25, 0.3) is 0 Å². The van der Waals surface area contributed by atoms with Gasteiger partial charge >= 0.3 is 41.8 Å². The van der Waals surface area contributed by atoms with Crippen molar-refractivity contribution in [3.8, 4) is 0 Å². The molecule has 0 spiro atoms. The van der Waals surface area contributed by atoms with E-state index >= 15 is 0 Å². The Morgan fingerprint density at radius 2 is 1.06 bits per heavy atom. The van der Waals surface area contributed by atoms with Crippen LogP contribution in [0.4, 0.5) is 0 Å². The number of carbonyl (C=O) groups excluding carboxylic acids is 10. The normalized spacial score (nSPS) is 12.2. The molecule has 0 aliphatic carbocycles. The number of hydrogen-bond donors (Lipinski definition) is 3. The van der Waals surface area contributed by atoms with Crippen LogP contribution in [0.2, 0.25) is 0 Å². The van der Waals surface area contributed by atoms with E-state index in [2.05, 4.69) is 38.5 Å². The van der Waals surface area contributed by atoms with Crippen LogP contribution in [0.3, 0.4) is 0 Å².